The zero-order valence-electron chi connectivity index (χ0n) is 20.9. The minimum absolute atomic E-state index is 0.0240. The molecule has 3 aliphatic carbocycles. The minimum atomic E-state index is -2.57. The fourth-order valence-corrected chi connectivity index (χ4v) is 5.76. The van der Waals surface area contributed by atoms with E-state index in [9.17, 15) is 34.8 Å². The van der Waals surface area contributed by atoms with Gasteiger partial charge < -0.3 is 20.4 Å². The van der Waals surface area contributed by atoms with Crippen LogP contribution in [0.5, 0.6) is 5.75 Å². The lowest BCUT2D eigenvalue weighted by Crippen LogP contribution is -2.63. The van der Waals surface area contributed by atoms with Gasteiger partial charge in [-0.05, 0) is 71.6 Å². The van der Waals surface area contributed by atoms with Gasteiger partial charge in [0.2, 0.25) is 5.78 Å². The molecule has 0 aromatic heterocycles. The summed E-state index contributed by atoms with van der Waals surface area (Å²) in [6, 6.07) is 2.05. The first-order valence-corrected chi connectivity index (χ1v) is 11.7. The van der Waals surface area contributed by atoms with E-state index < -0.39 is 57.9 Å². The van der Waals surface area contributed by atoms with Gasteiger partial charge in [0.25, 0.3) is 0 Å². The van der Waals surface area contributed by atoms with E-state index in [0.29, 0.717) is 17.7 Å². The average molecular weight is 495 g/mol. The first-order chi connectivity index (χ1) is 16.8. The van der Waals surface area contributed by atoms with E-state index in [1.54, 1.807) is 25.1 Å². The van der Waals surface area contributed by atoms with Gasteiger partial charge in [-0.1, -0.05) is 11.8 Å². The van der Waals surface area contributed by atoms with Crippen LogP contribution in [0.4, 0.5) is 0 Å². The Morgan fingerprint density at radius 2 is 1.81 bits per heavy atom. The van der Waals surface area contributed by atoms with Crippen LogP contribution in [-0.4, -0.2) is 94.0 Å². The molecule has 0 amide bonds. The number of nitrogens with zero attached hydrogens (tertiary/aromatic N) is 2. The number of fused-ring (bicyclic) bond motifs is 3. The Hall–Kier alpha value is -3.45. The molecule has 0 saturated carbocycles. The largest absolute Gasteiger partial charge is 0.510 e. The summed E-state index contributed by atoms with van der Waals surface area (Å²) < 4.78 is 0. The Morgan fingerprint density at radius 3 is 2.39 bits per heavy atom. The monoisotopic (exact) mass is 494 g/mol. The molecular formula is C27H30N2O7. The van der Waals surface area contributed by atoms with Gasteiger partial charge in [0.05, 0.1) is 18.2 Å². The van der Waals surface area contributed by atoms with Crippen LogP contribution in [0.15, 0.2) is 34.8 Å². The number of aliphatic hydroxyl groups is 3. The fourth-order valence-electron chi connectivity index (χ4n) is 5.76. The molecule has 0 aliphatic heterocycles. The van der Waals surface area contributed by atoms with Crippen LogP contribution < -0.4 is 0 Å². The summed E-state index contributed by atoms with van der Waals surface area (Å²) in [6.45, 7) is 1.58. The van der Waals surface area contributed by atoms with Crippen LogP contribution in [0.3, 0.4) is 0 Å². The van der Waals surface area contributed by atoms with Crippen molar-refractivity contribution in [3.8, 4) is 17.6 Å². The zero-order valence-corrected chi connectivity index (χ0v) is 20.9. The first-order valence-electron chi connectivity index (χ1n) is 11.7. The second kappa shape index (κ2) is 8.89. The molecule has 9 nitrogen and oxygen atoms in total. The number of ketones is 3. The van der Waals surface area contributed by atoms with Crippen LogP contribution >= 0.6 is 0 Å². The van der Waals surface area contributed by atoms with Crippen molar-refractivity contribution in [3.05, 3.63) is 51.5 Å². The number of rotatable bonds is 3. The van der Waals surface area contributed by atoms with Gasteiger partial charge in [-0.3, -0.25) is 24.2 Å². The van der Waals surface area contributed by atoms with E-state index in [1.807, 2.05) is 19.0 Å². The highest BCUT2D eigenvalue weighted by Crippen LogP contribution is 2.52. The molecule has 36 heavy (non-hydrogen) atoms. The smallest absolute Gasteiger partial charge is 0.209 e. The van der Waals surface area contributed by atoms with E-state index in [2.05, 4.69) is 11.8 Å². The van der Waals surface area contributed by atoms with Crippen LogP contribution in [0.2, 0.25) is 0 Å². The van der Waals surface area contributed by atoms with Gasteiger partial charge in [-0.2, -0.15) is 0 Å². The molecule has 1 aromatic rings. The molecule has 0 radical (unpaired) electrons. The number of benzene rings is 1. The van der Waals surface area contributed by atoms with Gasteiger partial charge >= 0.3 is 0 Å². The lowest BCUT2D eigenvalue weighted by Gasteiger charge is -2.50. The maximum atomic E-state index is 13.6. The van der Waals surface area contributed by atoms with Crippen molar-refractivity contribution < 1.29 is 34.8 Å². The number of hydrogen-bond donors (Lipinski definition) is 4. The van der Waals surface area contributed by atoms with Crippen molar-refractivity contribution in [3.63, 3.8) is 0 Å². The summed E-state index contributed by atoms with van der Waals surface area (Å²) in [5.41, 5.74) is -2.24. The standard InChI is InChI=1S/C27H30N2O7/c1-13(30)19-24(33)22(29(4)5)17-12-15-11-16-14(7-6-10-28(2)3)8-9-18(31)21(16)23(32)20(15)26(35)27(17,36)25(19)34/h8-9,15,17,22,31,33,35-36H,10-12H2,1-5H3/t15-,17-,22-,27+/m0/s1. The Kier molecular flexibility index (Phi) is 6.33. The number of carbonyl (C=O) groups is 3. The fraction of sp³-hybridized carbons (Fsp3) is 0.444. The van der Waals surface area contributed by atoms with Crippen LogP contribution in [0, 0.1) is 23.7 Å². The van der Waals surface area contributed by atoms with Crippen LogP contribution in [0.25, 0.3) is 0 Å². The van der Waals surface area contributed by atoms with Gasteiger partial charge in [-0.15, -0.1) is 0 Å². The lowest BCUT2D eigenvalue weighted by atomic mass is 9.58. The van der Waals surface area contributed by atoms with Crippen molar-refractivity contribution in [2.75, 3.05) is 34.7 Å². The number of phenolic OH excluding ortho intramolecular Hbond substituents is 1. The highest BCUT2D eigenvalue weighted by Gasteiger charge is 2.63. The number of aromatic hydroxyl groups is 1. The summed E-state index contributed by atoms with van der Waals surface area (Å²) >= 11 is 0. The zero-order chi connectivity index (χ0) is 26.7. The topological polar surface area (TPSA) is 139 Å². The number of aliphatic hydroxyl groups excluding tert-OH is 2. The molecule has 4 N–H and O–H groups in total. The summed E-state index contributed by atoms with van der Waals surface area (Å²) in [5.74, 6) is 0.291. The predicted octanol–water partition coefficient (Wildman–Crippen LogP) is 1.14. The van der Waals surface area contributed by atoms with E-state index >= 15 is 0 Å². The van der Waals surface area contributed by atoms with Crippen molar-refractivity contribution in [2.45, 2.75) is 31.4 Å². The number of hydrogen-bond acceptors (Lipinski definition) is 9. The lowest BCUT2D eigenvalue weighted by molar-refractivity contribution is -0.148. The number of phenols is 1. The summed E-state index contributed by atoms with van der Waals surface area (Å²) in [6.07, 6.45) is 0.303. The van der Waals surface area contributed by atoms with E-state index in [-0.39, 0.29) is 29.7 Å². The third kappa shape index (κ3) is 3.64. The molecule has 0 saturated heterocycles. The van der Waals surface area contributed by atoms with E-state index in [1.165, 1.54) is 6.07 Å². The quantitative estimate of drug-likeness (QED) is 0.360. The van der Waals surface area contributed by atoms with E-state index in [0.717, 1.165) is 6.92 Å². The second-order valence-corrected chi connectivity index (χ2v) is 10.2. The van der Waals surface area contributed by atoms with Gasteiger partial charge in [0, 0.05) is 17.1 Å². The molecule has 9 heteroatoms. The van der Waals surface area contributed by atoms with Gasteiger partial charge in [0.15, 0.2) is 17.2 Å². The number of carbonyl (C=O) groups excluding carboxylic acids is 3. The molecule has 0 spiro atoms. The Bertz CT molecular complexity index is 1310. The third-order valence-electron chi connectivity index (χ3n) is 7.33. The normalized spacial score (nSPS) is 27.5. The molecule has 3 aliphatic rings. The number of allylic oxidation sites excluding steroid dienone is 1. The van der Waals surface area contributed by atoms with Crippen LogP contribution in [-0.2, 0) is 16.0 Å². The predicted molar refractivity (Wildman–Crippen MR) is 131 cm³/mol. The Morgan fingerprint density at radius 1 is 1.14 bits per heavy atom. The number of Topliss-reactive ketones (excluding diaryl/α,β-unsaturated/α-hetero) is 3. The highest BCUT2D eigenvalue weighted by molar-refractivity contribution is 6.25. The maximum Gasteiger partial charge on any atom is 0.209 e. The SMILES string of the molecule is CC(=O)C1=C(O)[C@@H](N(C)C)[C@@H]2C[C@@H]3Cc4c(C#CCN(C)C)ccc(O)c4C(=O)C3=C(O)[C@]2(O)C1=O. The van der Waals surface area contributed by atoms with Crippen molar-refractivity contribution >= 4 is 17.3 Å². The second-order valence-electron chi connectivity index (χ2n) is 10.2. The molecule has 0 fully saturated rings. The molecule has 1 aromatic carbocycles. The van der Waals surface area contributed by atoms with Gasteiger partial charge in [0.1, 0.15) is 22.8 Å². The molecule has 0 bridgehead atoms. The first kappa shape index (κ1) is 25.6. The Balaban J connectivity index is 1.91. The summed E-state index contributed by atoms with van der Waals surface area (Å²) in [7, 11) is 7.01. The molecular weight excluding hydrogens is 464 g/mol. The molecule has 0 heterocycles. The summed E-state index contributed by atoms with van der Waals surface area (Å²) in [5, 5.41) is 44.4. The molecule has 4 atom stereocenters. The van der Waals surface area contributed by atoms with Crippen molar-refractivity contribution in [1.82, 2.24) is 9.80 Å². The molecule has 4 rings (SSSR count). The minimum Gasteiger partial charge on any atom is -0.510 e. The van der Waals surface area contributed by atoms with Crippen molar-refractivity contribution in [1.29, 1.82) is 0 Å². The van der Waals surface area contributed by atoms with Gasteiger partial charge in [-0.25, -0.2) is 0 Å². The highest BCUT2D eigenvalue weighted by atomic mass is 16.3. The van der Waals surface area contributed by atoms with E-state index in [4.69, 9.17) is 0 Å². The third-order valence-corrected chi connectivity index (χ3v) is 7.33. The average Bonchev–Trinajstić information content (AvgIpc) is 2.77. The Labute approximate surface area is 209 Å². The number of likely N-dealkylation sites (N-methyl/N-ethyl adjacent to an activating group) is 1. The van der Waals surface area contributed by atoms with Crippen molar-refractivity contribution in [2.24, 2.45) is 11.8 Å². The molecule has 190 valence electrons. The molecule has 0 unspecified atom stereocenters. The summed E-state index contributed by atoms with van der Waals surface area (Å²) in [4.78, 5) is 42.7. The van der Waals surface area contributed by atoms with Crippen LogP contribution in [0.1, 0.15) is 34.8 Å². The maximum absolute atomic E-state index is 13.6.